The van der Waals surface area contributed by atoms with E-state index in [9.17, 15) is 9.59 Å². The number of anilines is 2. The predicted molar refractivity (Wildman–Crippen MR) is 120 cm³/mol. The van der Waals surface area contributed by atoms with Crippen molar-refractivity contribution in [2.24, 2.45) is 0 Å². The first-order valence-electron chi connectivity index (χ1n) is 9.88. The Labute approximate surface area is 184 Å². The predicted octanol–water partition coefficient (Wildman–Crippen LogP) is 4.16. The molecule has 0 saturated heterocycles. The van der Waals surface area contributed by atoms with Gasteiger partial charge in [0.2, 0.25) is 5.13 Å². The molecule has 0 aliphatic rings. The molecule has 0 atom stereocenters. The number of methoxy groups -OCH3 is 1. The molecule has 0 unspecified atom stereocenters. The molecule has 3 rings (SSSR count). The van der Waals surface area contributed by atoms with Gasteiger partial charge in [0.05, 0.1) is 7.11 Å². The van der Waals surface area contributed by atoms with Gasteiger partial charge in [-0.3, -0.25) is 14.9 Å². The van der Waals surface area contributed by atoms with E-state index in [4.69, 9.17) is 9.47 Å². The molecule has 0 bridgehead atoms. The largest absolute Gasteiger partial charge is 0.497 e. The fourth-order valence-corrected chi connectivity index (χ4v) is 3.43. The molecule has 0 fully saturated rings. The zero-order valence-electron chi connectivity index (χ0n) is 17.4. The number of carbonyl (C=O) groups is 2. The van der Waals surface area contributed by atoms with Gasteiger partial charge in [0, 0.05) is 23.7 Å². The fraction of sp³-hybridized carbons (Fsp3) is 0.273. The first kappa shape index (κ1) is 22.2. The van der Waals surface area contributed by atoms with Crippen LogP contribution in [-0.4, -0.2) is 35.7 Å². The molecule has 0 radical (unpaired) electrons. The number of amides is 2. The average Bonchev–Trinajstić information content (AvgIpc) is 3.23. The highest BCUT2D eigenvalue weighted by molar-refractivity contribution is 7.15. The summed E-state index contributed by atoms with van der Waals surface area (Å²) in [5, 5.41) is 15.0. The highest BCUT2D eigenvalue weighted by Gasteiger charge is 2.11. The minimum absolute atomic E-state index is 0.159. The molecular formula is C22H24N4O4S. The summed E-state index contributed by atoms with van der Waals surface area (Å²) in [5.41, 5.74) is 1.08. The Morgan fingerprint density at radius 2 is 1.84 bits per heavy atom. The maximum absolute atomic E-state index is 12.4. The van der Waals surface area contributed by atoms with Gasteiger partial charge in [0.1, 0.15) is 16.5 Å². The lowest BCUT2D eigenvalue weighted by Gasteiger charge is -2.09. The molecule has 9 heteroatoms. The monoisotopic (exact) mass is 440 g/mol. The van der Waals surface area contributed by atoms with Crippen molar-refractivity contribution in [3.8, 4) is 11.5 Å². The van der Waals surface area contributed by atoms with E-state index in [0.717, 1.165) is 24.3 Å². The van der Waals surface area contributed by atoms with Crippen LogP contribution in [0.1, 0.15) is 35.1 Å². The maximum atomic E-state index is 12.4. The van der Waals surface area contributed by atoms with E-state index < -0.39 is 0 Å². The molecular weight excluding hydrogens is 416 g/mol. The van der Waals surface area contributed by atoms with Crippen molar-refractivity contribution in [1.29, 1.82) is 0 Å². The summed E-state index contributed by atoms with van der Waals surface area (Å²) in [7, 11) is 1.56. The second kappa shape index (κ2) is 11.1. The number of carbonyl (C=O) groups excluding carboxylic acids is 2. The van der Waals surface area contributed by atoms with Crippen molar-refractivity contribution in [3.63, 3.8) is 0 Å². The van der Waals surface area contributed by atoms with Crippen molar-refractivity contribution < 1.29 is 19.1 Å². The molecule has 0 saturated carbocycles. The SMILES string of the molecule is CCCCc1nnc(NC(=O)c2ccc(OCC(=O)Nc3cccc(OC)c3)cc2)s1. The van der Waals surface area contributed by atoms with E-state index in [2.05, 4.69) is 27.8 Å². The van der Waals surface area contributed by atoms with E-state index in [0.29, 0.717) is 27.9 Å². The number of nitrogens with one attached hydrogen (secondary N) is 2. The first-order chi connectivity index (χ1) is 15.1. The lowest BCUT2D eigenvalue weighted by molar-refractivity contribution is -0.118. The number of ether oxygens (including phenoxy) is 2. The van der Waals surface area contributed by atoms with Crippen molar-refractivity contribution in [2.45, 2.75) is 26.2 Å². The topological polar surface area (TPSA) is 102 Å². The zero-order chi connectivity index (χ0) is 22.1. The number of nitrogens with zero attached hydrogens (tertiary/aromatic N) is 2. The van der Waals surface area contributed by atoms with Gasteiger partial charge in [-0.1, -0.05) is 30.7 Å². The smallest absolute Gasteiger partial charge is 0.262 e. The second-order valence-electron chi connectivity index (χ2n) is 6.65. The van der Waals surface area contributed by atoms with E-state index in [1.165, 1.54) is 11.3 Å². The minimum Gasteiger partial charge on any atom is -0.497 e. The number of rotatable bonds is 10. The molecule has 3 aromatic rings. The Balaban J connectivity index is 1.48. The molecule has 162 valence electrons. The molecule has 2 amide bonds. The quantitative estimate of drug-likeness (QED) is 0.491. The Kier molecular flexibility index (Phi) is 7.94. The molecule has 0 aliphatic carbocycles. The van der Waals surface area contributed by atoms with Gasteiger partial charge in [-0.15, -0.1) is 10.2 Å². The average molecular weight is 441 g/mol. The van der Waals surface area contributed by atoms with Crippen molar-refractivity contribution in [2.75, 3.05) is 24.4 Å². The Bertz CT molecular complexity index is 1020. The molecule has 0 aliphatic heterocycles. The van der Waals surface area contributed by atoms with Gasteiger partial charge in [-0.25, -0.2) is 0 Å². The van der Waals surface area contributed by atoms with E-state index in [-0.39, 0.29) is 18.4 Å². The standard InChI is InChI=1S/C22H24N4O4S/c1-3-4-8-20-25-26-22(31-20)24-21(28)15-9-11-17(12-10-15)30-14-19(27)23-16-6-5-7-18(13-16)29-2/h5-7,9-13H,3-4,8,14H2,1-2H3,(H,23,27)(H,24,26,28). The lowest BCUT2D eigenvalue weighted by Crippen LogP contribution is -2.20. The van der Waals surface area contributed by atoms with Crippen molar-refractivity contribution in [1.82, 2.24) is 10.2 Å². The van der Waals surface area contributed by atoms with E-state index in [1.807, 2.05) is 0 Å². The first-order valence-corrected chi connectivity index (χ1v) is 10.7. The van der Waals surface area contributed by atoms with Crippen LogP contribution in [0.25, 0.3) is 0 Å². The number of hydrogen-bond donors (Lipinski definition) is 2. The van der Waals surface area contributed by atoms with Crippen LogP contribution in [0.15, 0.2) is 48.5 Å². The normalized spacial score (nSPS) is 10.4. The van der Waals surface area contributed by atoms with Gasteiger partial charge in [-0.2, -0.15) is 0 Å². The second-order valence-corrected chi connectivity index (χ2v) is 7.71. The molecule has 31 heavy (non-hydrogen) atoms. The van der Waals surface area contributed by atoms with Crippen molar-refractivity contribution >= 4 is 34.0 Å². The van der Waals surface area contributed by atoms with Crippen LogP contribution in [0.3, 0.4) is 0 Å². The van der Waals surface area contributed by atoms with Crippen LogP contribution in [0.2, 0.25) is 0 Å². The highest BCUT2D eigenvalue weighted by atomic mass is 32.1. The summed E-state index contributed by atoms with van der Waals surface area (Å²) in [6.45, 7) is 1.96. The number of aryl methyl sites for hydroxylation is 1. The molecule has 1 aromatic heterocycles. The van der Waals surface area contributed by atoms with Gasteiger partial charge in [0.25, 0.3) is 11.8 Å². The van der Waals surface area contributed by atoms with Crippen LogP contribution in [-0.2, 0) is 11.2 Å². The molecule has 0 spiro atoms. The van der Waals surface area contributed by atoms with Crippen LogP contribution in [0, 0.1) is 0 Å². The Morgan fingerprint density at radius 3 is 2.58 bits per heavy atom. The van der Waals surface area contributed by atoms with Gasteiger partial charge < -0.3 is 14.8 Å². The minimum atomic E-state index is -0.301. The van der Waals surface area contributed by atoms with Gasteiger partial charge in [-0.05, 0) is 42.8 Å². The summed E-state index contributed by atoms with van der Waals surface area (Å²) in [6, 6.07) is 13.6. The summed E-state index contributed by atoms with van der Waals surface area (Å²) in [4.78, 5) is 24.5. The Hall–Kier alpha value is -3.46. The Morgan fingerprint density at radius 1 is 1.03 bits per heavy atom. The van der Waals surface area contributed by atoms with Gasteiger partial charge >= 0.3 is 0 Å². The van der Waals surface area contributed by atoms with E-state index in [1.54, 1.807) is 55.6 Å². The highest BCUT2D eigenvalue weighted by Crippen LogP contribution is 2.19. The van der Waals surface area contributed by atoms with Crippen LogP contribution < -0.4 is 20.1 Å². The third-order valence-corrected chi connectivity index (χ3v) is 5.17. The maximum Gasteiger partial charge on any atom is 0.262 e. The zero-order valence-corrected chi connectivity index (χ0v) is 18.2. The molecule has 2 aromatic carbocycles. The summed E-state index contributed by atoms with van der Waals surface area (Å²) < 4.78 is 10.6. The fourth-order valence-electron chi connectivity index (χ4n) is 2.65. The van der Waals surface area contributed by atoms with Crippen LogP contribution in [0.4, 0.5) is 10.8 Å². The summed E-state index contributed by atoms with van der Waals surface area (Å²) >= 11 is 1.38. The lowest BCUT2D eigenvalue weighted by atomic mass is 10.2. The van der Waals surface area contributed by atoms with Crippen molar-refractivity contribution in [3.05, 3.63) is 59.1 Å². The molecule has 2 N–H and O–H groups in total. The molecule has 8 nitrogen and oxygen atoms in total. The number of benzene rings is 2. The molecule has 1 heterocycles. The summed E-state index contributed by atoms with van der Waals surface area (Å²) in [6.07, 6.45) is 2.99. The van der Waals surface area contributed by atoms with E-state index >= 15 is 0 Å². The third-order valence-electron chi connectivity index (χ3n) is 4.27. The number of hydrogen-bond acceptors (Lipinski definition) is 7. The van der Waals surface area contributed by atoms with Crippen LogP contribution >= 0.6 is 11.3 Å². The van der Waals surface area contributed by atoms with Crippen LogP contribution in [0.5, 0.6) is 11.5 Å². The number of aromatic nitrogens is 2. The number of unbranched alkanes of at least 4 members (excludes halogenated alkanes) is 1. The third kappa shape index (κ3) is 6.78. The summed E-state index contributed by atoms with van der Waals surface area (Å²) in [5.74, 6) is 0.555. The van der Waals surface area contributed by atoms with Gasteiger partial charge in [0.15, 0.2) is 6.61 Å².